The van der Waals surface area contributed by atoms with Crippen molar-refractivity contribution in [3.05, 3.63) is 0 Å². The van der Waals surface area contributed by atoms with Crippen molar-refractivity contribution in [1.29, 1.82) is 0 Å². The monoisotopic (exact) mass is 130 g/mol. The summed E-state index contributed by atoms with van der Waals surface area (Å²) in [7, 11) is 3.00. The summed E-state index contributed by atoms with van der Waals surface area (Å²) in [4.78, 5) is 14.9. The molecule has 1 amide bonds. The number of amidine groups is 1. The fourth-order valence-electron chi connectivity index (χ4n) is 0.288. The zero-order chi connectivity index (χ0) is 7.44. The molecule has 1 N–H and O–H groups in total. The molecule has 0 bridgehead atoms. The Hall–Kier alpha value is -1.06. The van der Waals surface area contributed by atoms with E-state index in [1.165, 1.54) is 7.05 Å². The number of amides is 1. The number of carbonyl (C=O) groups is 1. The van der Waals surface area contributed by atoms with Crippen molar-refractivity contribution in [3.63, 3.8) is 0 Å². The highest BCUT2D eigenvalue weighted by molar-refractivity contribution is 5.92. The highest BCUT2D eigenvalue weighted by Gasteiger charge is 2.05. The van der Waals surface area contributed by atoms with Gasteiger partial charge in [-0.15, -0.1) is 0 Å². The summed E-state index contributed by atoms with van der Waals surface area (Å²) >= 11 is 0. The molecule has 52 valence electrons. The van der Waals surface area contributed by atoms with E-state index >= 15 is 0 Å². The number of hydrogen-bond donors (Lipinski definition) is 1. The highest BCUT2D eigenvalue weighted by atomic mass is 16.4. The SMILES string of the molecule is CN=C(C)N(C)C(=O)O. The van der Waals surface area contributed by atoms with E-state index in [9.17, 15) is 4.79 Å². The topological polar surface area (TPSA) is 52.9 Å². The molecule has 0 saturated carbocycles. The van der Waals surface area contributed by atoms with Gasteiger partial charge in [0.2, 0.25) is 0 Å². The standard InChI is InChI=1S/C5H10N2O2/c1-4(6-2)7(3)5(8)9/h1-3H3,(H,8,9). The summed E-state index contributed by atoms with van der Waals surface area (Å²) in [6, 6.07) is 0. The average molecular weight is 130 g/mol. The van der Waals surface area contributed by atoms with Crippen LogP contribution < -0.4 is 0 Å². The molecule has 9 heavy (non-hydrogen) atoms. The minimum Gasteiger partial charge on any atom is -0.465 e. The lowest BCUT2D eigenvalue weighted by Gasteiger charge is -2.09. The van der Waals surface area contributed by atoms with Gasteiger partial charge in [0.05, 0.1) is 0 Å². The summed E-state index contributed by atoms with van der Waals surface area (Å²) in [6.45, 7) is 1.63. The maximum Gasteiger partial charge on any atom is 0.412 e. The van der Waals surface area contributed by atoms with Crippen LogP contribution in [0.25, 0.3) is 0 Å². The van der Waals surface area contributed by atoms with Crippen molar-refractivity contribution < 1.29 is 9.90 Å². The Balaban J connectivity index is 4.04. The van der Waals surface area contributed by atoms with Crippen LogP contribution >= 0.6 is 0 Å². The molecule has 0 aromatic heterocycles. The van der Waals surface area contributed by atoms with Gasteiger partial charge >= 0.3 is 6.09 Å². The van der Waals surface area contributed by atoms with Crippen LogP contribution in [0.2, 0.25) is 0 Å². The molecule has 4 nitrogen and oxygen atoms in total. The predicted molar refractivity (Wildman–Crippen MR) is 34.8 cm³/mol. The van der Waals surface area contributed by atoms with Crippen molar-refractivity contribution in [3.8, 4) is 0 Å². The fourth-order valence-corrected chi connectivity index (χ4v) is 0.288. The van der Waals surface area contributed by atoms with Gasteiger partial charge in [-0.05, 0) is 6.92 Å². The zero-order valence-electron chi connectivity index (χ0n) is 5.75. The van der Waals surface area contributed by atoms with Gasteiger partial charge in [0.15, 0.2) is 0 Å². The summed E-state index contributed by atoms with van der Waals surface area (Å²) < 4.78 is 0. The van der Waals surface area contributed by atoms with Crippen LogP contribution in [0.1, 0.15) is 6.92 Å². The van der Waals surface area contributed by atoms with Gasteiger partial charge in [-0.2, -0.15) is 0 Å². The lowest BCUT2D eigenvalue weighted by Crippen LogP contribution is -2.29. The molecule has 0 rings (SSSR count). The Kier molecular flexibility index (Phi) is 2.70. The van der Waals surface area contributed by atoms with Crippen molar-refractivity contribution >= 4 is 11.9 Å². The van der Waals surface area contributed by atoms with E-state index in [2.05, 4.69) is 4.99 Å². The molecule has 0 aliphatic carbocycles. The van der Waals surface area contributed by atoms with Crippen LogP contribution in [-0.2, 0) is 0 Å². The smallest absolute Gasteiger partial charge is 0.412 e. The second-order valence-electron chi connectivity index (χ2n) is 1.61. The van der Waals surface area contributed by atoms with Crippen molar-refractivity contribution in [2.45, 2.75) is 6.92 Å². The fraction of sp³-hybridized carbons (Fsp3) is 0.600. The number of nitrogens with zero attached hydrogens (tertiary/aromatic N) is 2. The molecule has 0 atom stereocenters. The summed E-state index contributed by atoms with van der Waals surface area (Å²) in [5.41, 5.74) is 0. The van der Waals surface area contributed by atoms with E-state index < -0.39 is 6.09 Å². The zero-order valence-corrected chi connectivity index (χ0v) is 5.75. The summed E-state index contributed by atoms with van der Waals surface area (Å²) in [5.74, 6) is 0.488. The third-order valence-corrected chi connectivity index (χ3v) is 1.10. The number of rotatable bonds is 0. The summed E-state index contributed by atoms with van der Waals surface area (Å²) in [6.07, 6.45) is -0.988. The molecule has 0 aromatic carbocycles. The molecule has 0 aliphatic rings. The van der Waals surface area contributed by atoms with E-state index in [1.807, 2.05) is 0 Å². The maximum atomic E-state index is 10.1. The number of carboxylic acid groups (broad SMARTS) is 1. The normalized spacial score (nSPS) is 11.2. The van der Waals surface area contributed by atoms with Crippen LogP contribution in [0.4, 0.5) is 4.79 Å². The van der Waals surface area contributed by atoms with E-state index in [0.29, 0.717) is 5.84 Å². The van der Waals surface area contributed by atoms with E-state index in [1.54, 1.807) is 14.0 Å². The highest BCUT2D eigenvalue weighted by Crippen LogP contribution is 1.85. The van der Waals surface area contributed by atoms with E-state index in [-0.39, 0.29) is 0 Å². The van der Waals surface area contributed by atoms with E-state index in [0.717, 1.165) is 4.90 Å². The first-order valence-electron chi connectivity index (χ1n) is 2.49. The van der Waals surface area contributed by atoms with Gasteiger partial charge in [-0.1, -0.05) is 0 Å². The molecule has 4 heteroatoms. The third-order valence-electron chi connectivity index (χ3n) is 1.10. The van der Waals surface area contributed by atoms with Crippen LogP contribution in [0.15, 0.2) is 4.99 Å². The molecule has 0 heterocycles. The van der Waals surface area contributed by atoms with Gasteiger partial charge in [-0.25, -0.2) is 4.79 Å². The Morgan fingerprint density at radius 1 is 1.67 bits per heavy atom. The first-order chi connectivity index (χ1) is 4.09. The molecular formula is C5H10N2O2. The maximum absolute atomic E-state index is 10.1. The Morgan fingerprint density at radius 3 is 2.22 bits per heavy atom. The first kappa shape index (κ1) is 7.94. The Labute approximate surface area is 53.8 Å². The minimum atomic E-state index is -0.988. The molecule has 0 fully saturated rings. The van der Waals surface area contributed by atoms with Gasteiger partial charge in [-0.3, -0.25) is 9.89 Å². The largest absolute Gasteiger partial charge is 0.465 e. The van der Waals surface area contributed by atoms with Crippen molar-refractivity contribution in [1.82, 2.24) is 4.90 Å². The van der Waals surface area contributed by atoms with Crippen molar-refractivity contribution in [2.24, 2.45) is 4.99 Å². The molecule has 0 spiro atoms. The van der Waals surface area contributed by atoms with Gasteiger partial charge in [0.25, 0.3) is 0 Å². The summed E-state index contributed by atoms with van der Waals surface area (Å²) in [5, 5.41) is 8.33. The van der Waals surface area contributed by atoms with E-state index in [4.69, 9.17) is 5.11 Å². The van der Waals surface area contributed by atoms with Crippen molar-refractivity contribution in [2.75, 3.05) is 14.1 Å². The predicted octanol–water partition coefficient (Wildman–Crippen LogP) is 0.644. The number of hydrogen-bond acceptors (Lipinski definition) is 2. The Morgan fingerprint density at radius 2 is 2.11 bits per heavy atom. The quantitative estimate of drug-likeness (QED) is 0.386. The van der Waals surface area contributed by atoms with Crippen LogP contribution in [0.3, 0.4) is 0 Å². The van der Waals surface area contributed by atoms with Gasteiger partial charge in [0.1, 0.15) is 5.84 Å². The molecule has 0 radical (unpaired) electrons. The van der Waals surface area contributed by atoms with Gasteiger partial charge < -0.3 is 5.11 Å². The van der Waals surface area contributed by atoms with Crippen LogP contribution in [0, 0.1) is 0 Å². The van der Waals surface area contributed by atoms with Crippen LogP contribution in [-0.4, -0.2) is 36.0 Å². The molecule has 0 unspecified atom stereocenters. The third kappa shape index (κ3) is 2.12. The average Bonchev–Trinajstić information content (AvgIpc) is 1.84. The minimum absolute atomic E-state index is 0.488. The van der Waals surface area contributed by atoms with Gasteiger partial charge in [0, 0.05) is 14.1 Å². The lowest BCUT2D eigenvalue weighted by atomic mass is 10.6. The molecule has 0 aliphatic heterocycles. The molecule has 0 aromatic rings. The Bertz CT molecular complexity index is 142. The van der Waals surface area contributed by atoms with Crippen LogP contribution in [0.5, 0.6) is 0 Å². The number of aliphatic imine (C=N–C) groups is 1. The second-order valence-corrected chi connectivity index (χ2v) is 1.61. The lowest BCUT2D eigenvalue weighted by molar-refractivity contribution is 0.175. The first-order valence-corrected chi connectivity index (χ1v) is 2.49. The molecule has 0 saturated heterocycles. The second kappa shape index (κ2) is 3.06. The molecular weight excluding hydrogens is 120 g/mol.